The smallest absolute Gasteiger partial charge is 0.335 e. The molecule has 0 radical (unpaired) electrons. The fourth-order valence-corrected chi connectivity index (χ4v) is 1.08. The maximum absolute atomic E-state index is 11.1. The summed E-state index contributed by atoms with van der Waals surface area (Å²) in [5, 5.41) is 0. The molecule has 0 saturated heterocycles. The predicted octanol–water partition coefficient (Wildman–Crippen LogP) is 1.14. The van der Waals surface area contributed by atoms with E-state index in [2.05, 4.69) is 11.3 Å². The Bertz CT molecular complexity index is 173. The Morgan fingerprint density at radius 2 is 2.42 bits per heavy atom. The maximum Gasteiger partial charge on any atom is 0.335 e. The van der Waals surface area contributed by atoms with Crippen LogP contribution in [0.3, 0.4) is 0 Å². The molecule has 0 spiro atoms. The van der Waals surface area contributed by atoms with Crippen molar-refractivity contribution in [3.05, 3.63) is 12.7 Å². The van der Waals surface area contributed by atoms with E-state index in [9.17, 15) is 4.79 Å². The quantitative estimate of drug-likeness (QED) is 0.458. The highest BCUT2D eigenvalue weighted by atomic mass is 16.6. The number of esters is 1. The van der Waals surface area contributed by atoms with Gasteiger partial charge in [0.2, 0.25) is 0 Å². The molecule has 0 aromatic rings. The first-order valence-electron chi connectivity index (χ1n) is 4.10. The minimum atomic E-state index is -0.368. The normalized spacial score (nSPS) is 18.4. The Morgan fingerprint density at radius 1 is 1.75 bits per heavy atom. The number of carbonyl (C=O) groups excluding carboxylic acids is 1. The fraction of sp³-hybridized carbons (Fsp3) is 0.667. The van der Waals surface area contributed by atoms with E-state index >= 15 is 0 Å². The van der Waals surface area contributed by atoms with Gasteiger partial charge in [-0.3, -0.25) is 0 Å². The van der Waals surface area contributed by atoms with Crippen LogP contribution in [0.4, 0.5) is 0 Å². The van der Waals surface area contributed by atoms with E-state index in [-0.39, 0.29) is 12.1 Å². The SMILES string of the molecule is C=CCOC(C(=O)OC)C1CC1. The molecule has 0 aromatic heterocycles. The highest BCUT2D eigenvalue weighted by Gasteiger charge is 2.37. The third kappa shape index (κ3) is 2.34. The number of rotatable bonds is 5. The van der Waals surface area contributed by atoms with Gasteiger partial charge >= 0.3 is 5.97 Å². The van der Waals surface area contributed by atoms with Crippen molar-refractivity contribution < 1.29 is 14.3 Å². The van der Waals surface area contributed by atoms with Crippen LogP contribution in [0.5, 0.6) is 0 Å². The summed E-state index contributed by atoms with van der Waals surface area (Å²) in [6.07, 6.45) is 3.40. The van der Waals surface area contributed by atoms with Crippen LogP contribution in [0, 0.1) is 5.92 Å². The lowest BCUT2D eigenvalue weighted by atomic mass is 10.2. The van der Waals surface area contributed by atoms with E-state index in [1.165, 1.54) is 7.11 Å². The van der Waals surface area contributed by atoms with Crippen molar-refractivity contribution in [2.45, 2.75) is 18.9 Å². The first-order valence-corrected chi connectivity index (χ1v) is 4.10. The molecule has 0 amide bonds. The summed E-state index contributed by atoms with van der Waals surface area (Å²) in [6.45, 7) is 3.93. The third-order valence-corrected chi connectivity index (χ3v) is 1.88. The molecule has 1 aliphatic carbocycles. The minimum absolute atomic E-state index is 0.264. The van der Waals surface area contributed by atoms with Crippen LogP contribution in [0.2, 0.25) is 0 Å². The van der Waals surface area contributed by atoms with E-state index in [0.717, 1.165) is 12.8 Å². The summed E-state index contributed by atoms with van der Waals surface area (Å²) >= 11 is 0. The number of carbonyl (C=O) groups is 1. The number of hydrogen-bond acceptors (Lipinski definition) is 3. The van der Waals surface area contributed by atoms with Crippen molar-refractivity contribution >= 4 is 5.97 Å². The van der Waals surface area contributed by atoms with E-state index in [0.29, 0.717) is 12.5 Å². The number of hydrogen-bond donors (Lipinski definition) is 0. The molecule has 1 aliphatic rings. The average molecular weight is 170 g/mol. The van der Waals surface area contributed by atoms with Gasteiger partial charge in [-0.15, -0.1) is 6.58 Å². The van der Waals surface area contributed by atoms with Crippen LogP contribution < -0.4 is 0 Å². The Kier molecular flexibility index (Phi) is 3.29. The van der Waals surface area contributed by atoms with Gasteiger partial charge in [-0.05, 0) is 18.8 Å². The highest BCUT2D eigenvalue weighted by Crippen LogP contribution is 2.34. The highest BCUT2D eigenvalue weighted by molar-refractivity contribution is 5.75. The Morgan fingerprint density at radius 3 is 2.83 bits per heavy atom. The lowest BCUT2D eigenvalue weighted by Crippen LogP contribution is -2.27. The van der Waals surface area contributed by atoms with Gasteiger partial charge < -0.3 is 9.47 Å². The molecule has 68 valence electrons. The van der Waals surface area contributed by atoms with E-state index in [1.54, 1.807) is 6.08 Å². The van der Waals surface area contributed by atoms with E-state index in [1.807, 2.05) is 0 Å². The van der Waals surface area contributed by atoms with Crippen molar-refractivity contribution in [3.8, 4) is 0 Å². The Labute approximate surface area is 72.4 Å². The van der Waals surface area contributed by atoms with Gasteiger partial charge in [0.15, 0.2) is 6.10 Å². The number of methoxy groups -OCH3 is 1. The lowest BCUT2D eigenvalue weighted by molar-refractivity contribution is -0.154. The number of ether oxygens (including phenoxy) is 2. The topological polar surface area (TPSA) is 35.5 Å². The second-order valence-corrected chi connectivity index (χ2v) is 2.90. The maximum atomic E-state index is 11.1. The molecule has 12 heavy (non-hydrogen) atoms. The van der Waals surface area contributed by atoms with Crippen molar-refractivity contribution in [1.29, 1.82) is 0 Å². The Balaban J connectivity index is 2.36. The largest absolute Gasteiger partial charge is 0.467 e. The molecule has 1 fully saturated rings. The second kappa shape index (κ2) is 4.26. The molecule has 0 heterocycles. The minimum Gasteiger partial charge on any atom is -0.467 e. The summed E-state index contributed by atoms with van der Waals surface area (Å²) in [7, 11) is 1.38. The molecule has 0 aromatic carbocycles. The van der Waals surface area contributed by atoms with E-state index < -0.39 is 0 Å². The van der Waals surface area contributed by atoms with Gasteiger partial charge in [0.25, 0.3) is 0 Å². The molecular formula is C9H14O3. The molecule has 1 rings (SSSR count). The first-order chi connectivity index (χ1) is 5.79. The van der Waals surface area contributed by atoms with Crippen LogP contribution in [0.1, 0.15) is 12.8 Å². The third-order valence-electron chi connectivity index (χ3n) is 1.88. The molecular weight excluding hydrogens is 156 g/mol. The van der Waals surface area contributed by atoms with Gasteiger partial charge in [0.05, 0.1) is 13.7 Å². The van der Waals surface area contributed by atoms with Crippen LogP contribution in [-0.4, -0.2) is 25.8 Å². The summed E-state index contributed by atoms with van der Waals surface area (Å²) in [5.74, 6) is 0.108. The van der Waals surface area contributed by atoms with Crippen LogP contribution in [0.25, 0.3) is 0 Å². The standard InChI is InChI=1S/C9H14O3/c1-3-6-12-8(7-4-5-7)9(10)11-2/h3,7-8H,1,4-6H2,2H3. The van der Waals surface area contributed by atoms with Crippen molar-refractivity contribution in [2.24, 2.45) is 5.92 Å². The van der Waals surface area contributed by atoms with Gasteiger partial charge in [-0.1, -0.05) is 6.08 Å². The van der Waals surface area contributed by atoms with Gasteiger partial charge in [0.1, 0.15) is 0 Å². The predicted molar refractivity (Wildman–Crippen MR) is 44.7 cm³/mol. The molecule has 3 nitrogen and oxygen atoms in total. The molecule has 3 heteroatoms. The summed E-state index contributed by atoms with van der Waals surface area (Å²) in [6, 6.07) is 0. The second-order valence-electron chi connectivity index (χ2n) is 2.90. The molecule has 1 unspecified atom stereocenters. The zero-order chi connectivity index (χ0) is 8.97. The summed E-state index contributed by atoms with van der Waals surface area (Å²) in [5.41, 5.74) is 0. The van der Waals surface area contributed by atoms with Crippen molar-refractivity contribution in [2.75, 3.05) is 13.7 Å². The summed E-state index contributed by atoms with van der Waals surface area (Å²) in [4.78, 5) is 11.1. The fourth-order valence-electron chi connectivity index (χ4n) is 1.08. The molecule has 0 aliphatic heterocycles. The first kappa shape index (κ1) is 9.26. The monoisotopic (exact) mass is 170 g/mol. The summed E-state index contributed by atoms with van der Waals surface area (Å²) < 4.78 is 9.89. The zero-order valence-electron chi connectivity index (χ0n) is 7.29. The average Bonchev–Trinajstić information content (AvgIpc) is 2.88. The lowest BCUT2D eigenvalue weighted by Gasteiger charge is -2.12. The zero-order valence-corrected chi connectivity index (χ0v) is 7.29. The van der Waals surface area contributed by atoms with Gasteiger partial charge in [-0.2, -0.15) is 0 Å². The molecule has 1 saturated carbocycles. The van der Waals surface area contributed by atoms with E-state index in [4.69, 9.17) is 4.74 Å². The van der Waals surface area contributed by atoms with Gasteiger partial charge in [-0.25, -0.2) is 4.79 Å². The van der Waals surface area contributed by atoms with Gasteiger partial charge in [0, 0.05) is 0 Å². The molecule has 1 atom stereocenters. The molecule has 0 N–H and O–H groups in total. The van der Waals surface area contributed by atoms with Crippen LogP contribution in [0.15, 0.2) is 12.7 Å². The van der Waals surface area contributed by atoms with Crippen LogP contribution >= 0.6 is 0 Å². The van der Waals surface area contributed by atoms with Crippen molar-refractivity contribution in [3.63, 3.8) is 0 Å². The Hall–Kier alpha value is -0.830. The molecule has 0 bridgehead atoms. The van der Waals surface area contributed by atoms with Crippen LogP contribution in [-0.2, 0) is 14.3 Å². The van der Waals surface area contributed by atoms with Crippen molar-refractivity contribution in [1.82, 2.24) is 0 Å².